The molecule has 1 aliphatic heterocycles. The summed E-state index contributed by atoms with van der Waals surface area (Å²) in [4.78, 5) is 26.8. The van der Waals surface area contributed by atoms with Gasteiger partial charge in [0.1, 0.15) is 5.75 Å². The van der Waals surface area contributed by atoms with Crippen LogP contribution in [0.2, 0.25) is 0 Å². The van der Waals surface area contributed by atoms with Crippen LogP contribution in [0, 0.1) is 10.1 Å². The highest BCUT2D eigenvalue weighted by Crippen LogP contribution is 2.21. The highest BCUT2D eigenvalue weighted by molar-refractivity contribution is 5.81. The first-order valence-corrected chi connectivity index (χ1v) is 8.72. The summed E-state index contributed by atoms with van der Waals surface area (Å²) in [7, 11) is 1.64. The lowest BCUT2D eigenvalue weighted by Crippen LogP contribution is -2.50. The van der Waals surface area contributed by atoms with E-state index in [0.717, 1.165) is 24.5 Å². The monoisotopic (exact) mass is 370 g/mol. The fourth-order valence-corrected chi connectivity index (χ4v) is 3.03. The lowest BCUT2D eigenvalue weighted by Gasteiger charge is -2.36. The van der Waals surface area contributed by atoms with Gasteiger partial charge in [-0.1, -0.05) is 6.07 Å². The number of non-ortho nitro benzene ring substituents is 1. The Bertz CT molecular complexity index is 802. The van der Waals surface area contributed by atoms with E-state index in [9.17, 15) is 14.9 Å². The summed E-state index contributed by atoms with van der Waals surface area (Å²) >= 11 is 0. The SMILES string of the molecule is COc1ccc(N2CCN(C(=O)CNc3cccc([N+](=O)[O-])c3)CC2)cc1. The molecule has 1 fully saturated rings. The van der Waals surface area contributed by atoms with E-state index in [-0.39, 0.29) is 18.1 Å². The van der Waals surface area contributed by atoms with Gasteiger partial charge in [0.15, 0.2) is 0 Å². The summed E-state index contributed by atoms with van der Waals surface area (Å²) in [5.41, 5.74) is 1.67. The molecule has 27 heavy (non-hydrogen) atoms. The number of methoxy groups -OCH3 is 1. The molecule has 0 aromatic heterocycles. The smallest absolute Gasteiger partial charge is 0.271 e. The Kier molecular flexibility index (Phi) is 5.75. The molecule has 142 valence electrons. The zero-order valence-electron chi connectivity index (χ0n) is 15.1. The molecule has 1 aliphatic rings. The van der Waals surface area contributed by atoms with Crippen molar-refractivity contribution in [3.05, 3.63) is 58.6 Å². The molecular formula is C19H22N4O4. The van der Waals surface area contributed by atoms with Gasteiger partial charge in [-0.05, 0) is 30.3 Å². The third-order valence-electron chi connectivity index (χ3n) is 4.57. The van der Waals surface area contributed by atoms with Gasteiger partial charge in [0.05, 0.1) is 18.6 Å². The van der Waals surface area contributed by atoms with Crippen LogP contribution in [-0.4, -0.2) is 55.6 Å². The van der Waals surface area contributed by atoms with E-state index in [0.29, 0.717) is 18.8 Å². The fourth-order valence-electron chi connectivity index (χ4n) is 3.03. The molecule has 3 rings (SSSR count). The molecule has 2 aromatic carbocycles. The van der Waals surface area contributed by atoms with Crippen LogP contribution >= 0.6 is 0 Å². The Morgan fingerprint density at radius 2 is 1.85 bits per heavy atom. The third kappa shape index (κ3) is 4.66. The maximum absolute atomic E-state index is 12.4. The number of nitrogens with zero attached hydrogens (tertiary/aromatic N) is 3. The molecule has 0 aliphatic carbocycles. The summed E-state index contributed by atoms with van der Waals surface area (Å²) in [5, 5.41) is 13.8. The molecule has 8 heteroatoms. The van der Waals surface area contributed by atoms with E-state index < -0.39 is 4.92 Å². The van der Waals surface area contributed by atoms with E-state index in [2.05, 4.69) is 10.2 Å². The van der Waals surface area contributed by atoms with Crippen LogP contribution in [0.25, 0.3) is 0 Å². The molecule has 0 radical (unpaired) electrons. The van der Waals surface area contributed by atoms with E-state index in [4.69, 9.17) is 4.74 Å². The molecular weight excluding hydrogens is 348 g/mol. The number of benzene rings is 2. The quantitative estimate of drug-likeness (QED) is 0.620. The van der Waals surface area contributed by atoms with Crippen molar-refractivity contribution < 1.29 is 14.5 Å². The number of carbonyl (C=O) groups excluding carboxylic acids is 1. The average Bonchev–Trinajstić information content (AvgIpc) is 2.72. The van der Waals surface area contributed by atoms with Crippen LogP contribution in [0.1, 0.15) is 0 Å². The number of nitro groups is 1. The fraction of sp³-hybridized carbons (Fsp3) is 0.316. The molecule has 0 bridgehead atoms. The average molecular weight is 370 g/mol. The largest absolute Gasteiger partial charge is 0.497 e. The number of nitro benzene ring substituents is 1. The minimum absolute atomic E-state index is 0.000514. The van der Waals surface area contributed by atoms with Crippen LogP contribution in [-0.2, 0) is 4.79 Å². The predicted octanol–water partition coefficient (Wildman–Crippen LogP) is 2.36. The molecule has 0 saturated carbocycles. The first-order chi connectivity index (χ1) is 13.1. The predicted molar refractivity (Wildman–Crippen MR) is 103 cm³/mol. The number of hydrogen-bond donors (Lipinski definition) is 1. The van der Waals surface area contributed by atoms with Crippen molar-refractivity contribution in [2.24, 2.45) is 0 Å². The Morgan fingerprint density at radius 1 is 1.15 bits per heavy atom. The molecule has 0 spiro atoms. The maximum atomic E-state index is 12.4. The highest BCUT2D eigenvalue weighted by atomic mass is 16.6. The molecule has 0 atom stereocenters. The van der Waals surface area contributed by atoms with Gasteiger partial charge >= 0.3 is 0 Å². The van der Waals surface area contributed by atoms with Gasteiger partial charge in [-0.15, -0.1) is 0 Å². The topological polar surface area (TPSA) is 88.0 Å². The molecule has 1 amide bonds. The number of anilines is 2. The van der Waals surface area contributed by atoms with Crippen molar-refractivity contribution in [2.75, 3.05) is 50.1 Å². The van der Waals surface area contributed by atoms with E-state index in [1.807, 2.05) is 29.2 Å². The minimum Gasteiger partial charge on any atom is -0.497 e. The van der Waals surface area contributed by atoms with Crippen LogP contribution < -0.4 is 15.0 Å². The second-order valence-corrected chi connectivity index (χ2v) is 6.23. The number of piperazine rings is 1. The number of hydrogen-bond acceptors (Lipinski definition) is 6. The van der Waals surface area contributed by atoms with Crippen molar-refractivity contribution >= 4 is 23.0 Å². The number of ether oxygens (including phenoxy) is 1. The third-order valence-corrected chi connectivity index (χ3v) is 4.57. The summed E-state index contributed by atoms with van der Waals surface area (Å²) in [5.74, 6) is 0.802. The minimum atomic E-state index is -0.453. The highest BCUT2D eigenvalue weighted by Gasteiger charge is 2.21. The van der Waals surface area contributed by atoms with Crippen molar-refractivity contribution in [2.45, 2.75) is 0 Å². The maximum Gasteiger partial charge on any atom is 0.271 e. The molecule has 2 aromatic rings. The number of carbonyl (C=O) groups is 1. The summed E-state index contributed by atoms with van der Waals surface area (Å²) in [6, 6.07) is 14.0. The van der Waals surface area contributed by atoms with Crippen molar-refractivity contribution in [3.63, 3.8) is 0 Å². The summed E-state index contributed by atoms with van der Waals surface area (Å²) in [6.45, 7) is 2.91. The van der Waals surface area contributed by atoms with Gasteiger partial charge in [-0.25, -0.2) is 0 Å². The van der Waals surface area contributed by atoms with Crippen LogP contribution in [0.5, 0.6) is 5.75 Å². The second-order valence-electron chi connectivity index (χ2n) is 6.23. The molecule has 1 heterocycles. The van der Waals surface area contributed by atoms with Gasteiger partial charge in [-0.2, -0.15) is 0 Å². The van der Waals surface area contributed by atoms with Crippen molar-refractivity contribution in [3.8, 4) is 5.75 Å². The number of rotatable bonds is 6. The summed E-state index contributed by atoms with van der Waals surface area (Å²) in [6.07, 6.45) is 0. The first kappa shape index (κ1) is 18.5. The molecule has 8 nitrogen and oxygen atoms in total. The van der Waals surface area contributed by atoms with Gasteiger partial charge < -0.3 is 19.9 Å². The number of amides is 1. The van der Waals surface area contributed by atoms with Gasteiger partial charge in [0.2, 0.25) is 5.91 Å². The van der Waals surface area contributed by atoms with Crippen molar-refractivity contribution in [1.29, 1.82) is 0 Å². The van der Waals surface area contributed by atoms with E-state index in [1.165, 1.54) is 12.1 Å². The normalized spacial score (nSPS) is 14.0. The van der Waals surface area contributed by atoms with Gasteiger partial charge in [0, 0.05) is 49.7 Å². The first-order valence-electron chi connectivity index (χ1n) is 8.72. The van der Waals surface area contributed by atoms with Crippen LogP contribution in [0.15, 0.2) is 48.5 Å². The standard InChI is InChI=1S/C19H22N4O4/c1-27-18-7-5-16(6-8-18)21-9-11-22(12-10-21)19(24)14-20-15-3-2-4-17(13-15)23(25)26/h2-8,13,20H,9-12,14H2,1H3. The van der Waals surface area contributed by atoms with Crippen molar-refractivity contribution in [1.82, 2.24) is 4.90 Å². The summed E-state index contributed by atoms with van der Waals surface area (Å²) < 4.78 is 5.17. The second kappa shape index (κ2) is 8.39. The van der Waals surface area contributed by atoms with Gasteiger partial charge in [-0.3, -0.25) is 14.9 Å². The molecule has 1 saturated heterocycles. The molecule has 0 unspecified atom stereocenters. The Labute approximate surface area is 157 Å². The van der Waals surface area contributed by atoms with E-state index in [1.54, 1.807) is 19.2 Å². The number of nitrogens with one attached hydrogen (secondary N) is 1. The lowest BCUT2D eigenvalue weighted by atomic mass is 10.2. The van der Waals surface area contributed by atoms with Crippen LogP contribution in [0.3, 0.4) is 0 Å². The van der Waals surface area contributed by atoms with Gasteiger partial charge in [0.25, 0.3) is 5.69 Å². The Hall–Kier alpha value is -3.29. The zero-order chi connectivity index (χ0) is 19.2. The Morgan fingerprint density at radius 3 is 2.48 bits per heavy atom. The van der Waals surface area contributed by atoms with Crippen LogP contribution in [0.4, 0.5) is 17.1 Å². The Balaban J connectivity index is 1.49. The van der Waals surface area contributed by atoms with E-state index >= 15 is 0 Å². The zero-order valence-corrected chi connectivity index (χ0v) is 15.1. The molecule has 1 N–H and O–H groups in total. The lowest BCUT2D eigenvalue weighted by molar-refractivity contribution is -0.384.